The zero-order valence-corrected chi connectivity index (χ0v) is 19.0. The number of amides is 3. The van der Waals surface area contributed by atoms with Crippen LogP contribution in [-0.4, -0.2) is 41.8 Å². The summed E-state index contributed by atoms with van der Waals surface area (Å²) in [6.07, 6.45) is 7.63. The van der Waals surface area contributed by atoms with E-state index >= 15 is 0 Å². The van der Waals surface area contributed by atoms with E-state index in [1.54, 1.807) is 15.9 Å². The van der Waals surface area contributed by atoms with Crippen LogP contribution in [0.2, 0.25) is 0 Å². The molecule has 6 heteroatoms. The molecule has 2 fully saturated rings. The SMILES string of the molecule is O=C(NCC1CCCCC1)c1ccccc1CN1C(=O)[C@@H]2CCCN2C(=O)c2ccccc21. The van der Waals surface area contributed by atoms with Crippen molar-refractivity contribution in [2.45, 2.75) is 57.5 Å². The first-order valence-corrected chi connectivity index (χ1v) is 12.2. The lowest BCUT2D eigenvalue weighted by Crippen LogP contribution is -2.44. The minimum Gasteiger partial charge on any atom is -0.352 e. The number of nitrogens with zero attached hydrogens (tertiary/aromatic N) is 2. The second-order valence-electron chi connectivity index (χ2n) is 9.47. The van der Waals surface area contributed by atoms with E-state index in [2.05, 4.69) is 5.32 Å². The molecular formula is C27H31N3O3. The fourth-order valence-corrected chi connectivity index (χ4v) is 5.55. The number of para-hydroxylation sites is 1. The van der Waals surface area contributed by atoms with Crippen LogP contribution in [0.15, 0.2) is 48.5 Å². The molecule has 0 bridgehead atoms. The van der Waals surface area contributed by atoms with Crippen molar-refractivity contribution in [1.29, 1.82) is 0 Å². The number of hydrogen-bond acceptors (Lipinski definition) is 3. The highest BCUT2D eigenvalue weighted by atomic mass is 16.2. The lowest BCUT2D eigenvalue weighted by molar-refractivity contribution is -0.122. The molecule has 172 valence electrons. The van der Waals surface area contributed by atoms with Gasteiger partial charge in [0.25, 0.3) is 11.8 Å². The average Bonchev–Trinajstić information content (AvgIpc) is 3.33. The highest BCUT2D eigenvalue weighted by Gasteiger charge is 2.42. The molecule has 2 aliphatic heterocycles. The highest BCUT2D eigenvalue weighted by Crippen LogP contribution is 2.33. The first kappa shape index (κ1) is 21.7. The summed E-state index contributed by atoms with van der Waals surface area (Å²) in [5, 5.41) is 3.13. The Balaban J connectivity index is 1.41. The van der Waals surface area contributed by atoms with E-state index < -0.39 is 6.04 Å². The van der Waals surface area contributed by atoms with Crippen LogP contribution in [0.4, 0.5) is 5.69 Å². The number of carbonyl (C=O) groups excluding carboxylic acids is 3. The van der Waals surface area contributed by atoms with Crippen LogP contribution in [-0.2, 0) is 11.3 Å². The quantitative estimate of drug-likeness (QED) is 0.752. The number of hydrogen-bond donors (Lipinski definition) is 1. The van der Waals surface area contributed by atoms with Crippen LogP contribution < -0.4 is 10.2 Å². The van der Waals surface area contributed by atoms with Gasteiger partial charge in [-0.25, -0.2) is 0 Å². The van der Waals surface area contributed by atoms with Gasteiger partial charge < -0.3 is 15.1 Å². The molecule has 33 heavy (non-hydrogen) atoms. The molecule has 0 radical (unpaired) electrons. The summed E-state index contributed by atoms with van der Waals surface area (Å²) in [6.45, 7) is 1.57. The zero-order valence-electron chi connectivity index (χ0n) is 19.0. The maximum absolute atomic E-state index is 13.6. The van der Waals surface area contributed by atoms with E-state index in [-0.39, 0.29) is 24.3 Å². The summed E-state index contributed by atoms with van der Waals surface area (Å²) < 4.78 is 0. The van der Waals surface area contributed by atoms with E-state index in [9.17, 15) is 14.4 Å². The van der Waals surface area contributed by atoms with Gasteiger partial charge in [-0.05, 0) is 55.4 Å². The predicted octanol–water partition coefficient (Wildman–Crippen LogP) is 4.15. The highest BCUT2D eigenvalue weighted by molar-refractivity contribution is 6.11. The largest absolute Gasteiger partial charge is 0.352 e. The molecule has 2 heterocycles. The molecular weight excluding hydrogens is 414 g/mol. The normalized spacial score (nSPS) is 20.9. The van der Waals surface area contributed by atoms with Crippen LogP contribution >= 0.6 is 0 Å². The Morgan fingerprint density at radius 3 is 2.52 bits per heavy atom. The summed E-state index contributed by atoms with van der Waals surface area (Å²) in [6, 6.07) is 14.4. The molecule has 1 saturated heterocycles. The van der Waals surface area contributed by atoms with Gasteiger partial charge in [-0.2, -0.15) is 0 Å². The van der Waals surface area contributed by atoms with Gasteiger partial charge in [-0.3, -0.25) is 14.4 Å². The van der Waals surface area contributed by atoms with Gasteiger partial charge >= 0.3 is 0 Å². The van der Waals surface area contributed by atoms with Gasteiger partial charge in [0.05, 0.1) is 17.8 Å². The monoisotopic (exact) mass is 445 g/mol. The first-order chi connectivity index (χ1) is 16.1. The van der Waals surface area contributed by atoms with E-state index in [4.69, 9.17) is 0 Å². The van der Waals surface area contributed by atoms with Gasteiger partial charge in [0.1, 0.15) is 6.04 Å². The second-order valence-corrected chi connectivity index (χ2v) is 9.47. The van der Waals surface area contributed by atoms with Crippen molar-refractivity contribution in [1.82, 2.24) is 10.2 Å². The first-order valence-electron chi connectivity index (χ1n) is 12.2. The topological polar surface area (TPSA) is 69.7 Å². The summed E-state index contributed by atoms with van der Waals surface area (Å²) >= 11 is 0. The maximum Gasteiger partial charge on any atom is 0.256 e. The molecule has 1 aliphatic carbocycles. The Morgan fingerprint density at radius 1 is 0.909 bits per heavy atom. The van der Waals surface area contributed by atoms with Crippen molar-refractivity contribution in [3.05, 3.63) is 65.2 Å². The lowest BCUT2D eigenvalue weighted by Gasteiger charge is -2.27. The molecule has 5 rings (SSSR count). The molecule has 0 unspecified atom stereocenters. The van der Waals surface area contributed by atoms with Crippen LogP contribution in [0.5, 0.6) is 0 Å². The minimum atomic E-state index is -0.433. The fraction of sp³-hybridized carbons (Fsp3) is 0.444. The smallest absolute Gasteiger partial charge is 0.256 e. The van der Waals surface area contributed by atoms with Crippen molar-refractivity contribution in [3.8, 4) is 0 Å². The van der Waals surface area contributed by atoms with E-state index in [1.807, 2.05) is 42.5 Å². The molecule has 3 amide bonds. The Labute approximate surface area is 194 Å². The Kier molecular flexibility index (Phi) is 6.16. The molecule has 0 aromatic heterocycles. The Morgan fingerprint density at radius 2 is 1.67 bits per heavy atom. The van der Waals surface area contributed by atoms with E-state index in [1.165, 1.54) is 32.1 Å². The molecule has 2 aromatic rings. The van der Waals surface area contributed by atoms with Crippen molar-refractivity contribution in [2.75, 3.05) is 18.0 Å². The standard InChI is InChI=1S/C27H31N3O3/c31-25(28-17-19-9-2-1-3-10-19)21-12-5-4-11-20(21)18-30-23-14-7-6-13-22(23)26(32)29-16-8-15-24(29)27(30)33/h4-7,11-14,19,24H,1-3,8-10,15-18H2,(H,28,31)/t24-/m0/s1. The minimum absolute atomic E-state index is 0.0665. The van der Waals surface area contributed by atoms with Gasteiger partial charge in [0.15, 0.2) is 0 Å². The van der Waals surface area contributed by atoms with Crippen molar-refractivity contribution >= 4 is 23.4 Å². The Hall–Kier alpha value is -3.15. The van der Waals surface area contributed by atoms with Crippen LogP contribution in [0.25, 0.3) is 0 Å². The van der Waals surface area contributed by atoms with Crippen molar-refractivity contribution in [3.63, 3.8) is 0 Å². The van der Waals surface area contributed by atoms with Gasteiger partial charge in [-0.1, -0.05) is 49.6 Å². The maximum atomic E-state index is 13.6. The molecule has 2 aromatic carbocycles. The third kappa shape index (κ3) is 4.26. The van der Waals surface area contributed by atoms with E-state index in [0.717, 1.165) is 12.0 Å². The second kappa shape index (κ2) is 9.38. The molecule has 1 atom stereocenters. The summed E-state index contributed by atoms with van der Waals surface area (Å²) in [5.74, 6) is 0.310. The van der Waals surface area contributed by atoms with Crippen LogP contribution in [0.1, 0.15) is 71.2 Å². The summed E-state index contributed by atoms with van der Waals surface area (Å²) in [7, 11) is 0. The predicted molar refractivity (Wildman–Crippen MR) is 127 cm³/mol. The van der Waals surface area contributed by atoms with Crippen molar-refractivity contribution < 1.29 is 14.4 Å². The number of carbonyl (C=O) groups is 3. The molecule has 1 saturated carbocycles. The number of nitrogens with one attached hydrogen (secondary N) is 1. The average molecular weight is 446 g/mol. The van der Waals surface area contributed by atoms with Gasteiger partial charge in [0, 0.05) is 18.7 Å². The third-order valence-electron chi connectivity index (χ3n) is 7.36. The fourth-order valence-electron chi connectivity index (χ4n) is 5.55. The van der Waals surface area contributed by atoms with Crippen LogP contribution in [0.3, 0.4) is 0 Å². The van der Waals surface area contributed by atoms with Crippen LogP contribution in [0, 0.1) is 5.92 Å². The van der Waals surface area contributed by atoms with Crippen molar-refractivity contribution in [2.24, 2.45) is 5.92 Å². The summed E-state index contributed by atoms with van der Waals surface area (Å²) in [5.41, 5.74) is 2.56. The lowest BCUT2D eigenvalue weighted by atomic mass is 9.89. The molecule has 1 N–H and O–H groups in total. The molecule has 3 aliphatic rings. The third-order valence-corrected chi connectivity index (χ3v) is 7.36. The number of benzene rings is 2. The number of fused-ring (bicyclic) bond motifs is 2. The Bertz CT molecular complexity index is 1060. The summed E-state index contributed by atoms with van der Waals surface area (Å²) in [4.78, 5) is 43.3. The van der Waals surface area contributed by atoms with Gasteiger partial charge in [0.2, 0.25) is 5.91 Å². The zero-order chi connectivity index (χ0) is 22.8. The number of rotatable bonds is 5. The van der Waals surface area contributed by atoms with E-state index in [0.29, 0.717) is 42.2 Å². The van der Waals surface area contributed by atoms with Gasteiger partial charge in [-0.15, -0.1) is 0 Å². The number of anilines is 1. The molecule has 6 nitrogen and oxygen atoms in total. The molecule has 0 spiro atoms.